The monoisotopic (exact) mass is 325 g/mol. The molecule has 1 aliphatic heterocycles. The van der Waals surface area contributed by atoms with E-state index in [0.29, 0.717) is 11.9 Å². The van der Waals surface area contributed by atoms with Crippen molar-refractivity contribution in [3.8, 4) is 5.69 Å². The van der Waals surface area contributed by atoms with Crippen LogP contribution in [0.5, 0.6) is 0 Å². The van der Waals surface area contributed by atoms with Gasteiger partial charge in [-0.15, -0.1) is 0 Å². The minimum absolute atomic E-state index is 0.0473. The molecule has 0 bridgehead atoms. The molecule has 0 radical (unpaired) electrons. The van der Waals surface area contributed by atoms with Crippen LogP contribution in [0.1, 0.15) is 18.2 Å². The van der Waals surface area contributed by atoms with Crippen LogP contribution in [0.3, 0.4) is 0 Å². The van der Waals surface area contributed by atoms with Gasteiger partial charge in [-0.3, -0.25) is 4.68 Å². The van der Waals surface area contributed by atoms with E-state index < -0.39 is 0 Å². The number of benzene rings is 1. The van der Waals surface area contributed by atoms with Gasteiger partial charge in [0.25, 0.3) is 0 Å². The van der Waals surface area contributed by atoms with Gasteiger partial charge < -0.3 is 10.1 Å². The van der Waals surface area contributed by atoms with Crippen LogP contribution in [0, 0.1) is 5.92 Å². The number of ether oxygens (including phenoxy) is 1. The van der Waals surface area contributed by atoms with E-state index in [0.717, 1.165) is 31.0 Å². The highest BCUT2D eigenvalue weighted by Crippen LogP contribution is 2.34. The van der Waals surface area contributed by atoms with Crippen LogP contribution in [0.2, 0.25) is 0 Å². The summed E-state index contributed by atoms with van der Waals surface area (Å²) in [5.74, 6) is 0.984. The Morgan fingerprint density at radius 2 is 2.12 bits per heavy atom. The summed E-state index contributed by atoms with van der Waals surface area (Å²) in [6, 6.07) is 11.8. The van der Waals surface area contributed by atoms with Crippen molar-refractivity contribution in [2.24, 2.45) is 13.0 Å². The van der Waals surface area contributed by atoms with Crippen molar-refractivity contribution in [1.29, 1.82) is 0 Å². The normalized spacial score (nSPS) is 20.4. The van der Waals surface area contributed by atoms with Gasteiger partial charge >= 0.3 is 0 Å². The maximum atomic E-state index is 5.92. The second-order valence-corrected chi connectivity index (χ2v) is 5.85. The molecule has 24 heavy (non-hydrogen) atoms. The lowest BCUT2D eigenvalue weighted by molar-refractivity contribution is 0.0866. The van der Waals surface area contributed by atoms with Crippen LogP contribution < -0.4 is 5.32 Å². The maximum Gasteiger partial charge on any atom is 0.247 e. The molecule has 0 spiro atoms. The topological polar surface area (TPSA) is 82.7 Å². The Kier molecular flexibility index (Phi) is 3.96. The van der Waals surface area contributed by atoms with Gasteiger partial charge in [-0.2, -0.15) is 9.78 Å². The first kappa shape index (κ1) is 14.8. The number of anilines is 1. The smallest absolute Gasteiger partial charge is 0.247 e. The van der Waals surface area contributed by atoms with Gasteiger partial charge in [-0.25, -0.2) is 0 Å². The summed E-state index contributed by atoms with van der Waals surface area (Å²) < 4.78 is 9.49. The quantitative estimate of drug-likeness (QED) is 0.767. The summed E-state index contributed by atoms with van der Waals surface area (Å²) >= 11 is 0. The molecule has 3 heterocycles. The molecule has 3 aromatic rings. The fourth-order valence-corrected chi connectivity index (χ4v) is 3.10. The predicted octanol–water partition coefficient (Wildman–Crippen LogP) is 1.59. The highest BCUT2D eigenvalue weighted by molar-refractivity contribution is 5.38. The molecule has 124 valence electrons. The van der Waals surface area contributed by atoms with E-state index in [-0.39, 0.29) is 6.10 Å². The lowest BCUT2D eigenvalue weighted by Gasteiger charge is -2.19. The number of nitrogens with one attached hydrogen (secondary N) is 1. The number of aromatic nitrogens is 6. The van der Waals surface area contributed by atoms with Gasteiger partial charge in [0.2, 0.25) is 5.95 Å². The Morgan fingerprint density at radius 3 is 2.92 bits per heavy atom. The van der Waals surface area contributed by atoms with Crippen molar-refractivity contribution < 1.29 is 4.74 Å². The second kappa shape index (κ2) is 6.40. The molecule has 8 heteroatoms. The summed E-state index contributed by atoms with van der Waals surface area (Å²) in [6.45, 7) is 1.49. The standard InChI is InChI=1S/C16H19N7O/c1-22-14(7-9-18-22)15-12(8-10-24-15)11-17-16-19-20-21-23(16)13-5-3-2-4-6-13/h2-7,9,12,15H,8,10-11H2,1H3,(H,17,19,21)/t12-,15+/m0/s1. The molecule has 2 aromatic heterocycles. The first-order valence-corrected chi connectivity index (χ1v) is 8.00. The Labute approximate surface area is 139 Å². The zero-order valence-corrected chi connectivity index (χ0v) is 13.4. The molecule has 4 rings (SSSR count). The van der Waals surface area contributed by atoms with E-state index in [4.69, 9.17) is 4.74 Å². The molecule has 1 saturated heterocycles. The van der Waals surface area contributed by atoms with Crippen molar-refractivity contribution >= 4 is 5.95 Å². The summed E-state index contributed by atoms with van der Waals surface area (Å²) in [7, 11) is 1.94. The largest absolute Gasteiger partial charge is 0.372 e. The molecule has 1 N–H and O–H groups in total. The summed E-state index contributed by atoms with van der Waals surface area (Å²) in [4.78, 5) is 0. The van der Waals surface area contributed by atoms with Crippen molar-refractivity contribution in [3.63, 3.8) is 0 Å². The first-order valence-electron chi connectivity index (χ1n) is 8.00. The Hall–Kier alpha value is -2.74. The van der Waals surface area contributed by atoms with Crippen LogP contribution in [-0.4, -0.2) is 43.1 Å². The van der Waals surface area contributed by atoms with Crippen LogP contribution in [0.25, 0.3) is 5.69 Å². The lowest BCUT2D eigenvalue weighted by atomic mass is 9.99. The van der Waals surface area contributed by atoms with Crippen molar-refractivity contribution in [2.75, 3.05) is 18.5 Å². The van der Waals surface area contributed by atoms with E-state index in [1.54, 1.807) is 10.9 Å². The SMILES string of the molecule is Cn1nccc1[C@@H]1OCC[C@H]1CNc1nnnn1-c1ccccc1. The Morgan fingerprint density at radius 1 is 1.25 bits per heavy atom. The number of hydrogen-bond acceptors (Lipinski definition) is 6. The van der Waals surface area contributed by atoms with Crippen molar-refractivity contribution in [3.05, 3.63) is 48.3 Å². The summed E-state index contributed by atoms with van der Waals surface area (Å²) in [5, 5.41) is 19.5. The molecule has 1 aromatic carbocycles. The highest BCUT2D eigenvalue weighted by atomic mass is 16.5. The fraction of sp³-hybridized carbons (Fsp3) is 0.375. The fourth-order valence-electron chi connectivity index (χ4n) is 3.10. The van der Waals surface area contributed by atoms with Gasteiger partial charge in [-0.1, -0.05) is 23.3 Å². The molecular weight excluding hydrogens is 306 g/mol. The molecule has 0 saturated carbocycles. The highest BCUT2D eigenvalue weighted by Gasteiger charge is 2.31. The zero-order chi connectivity index (χ0) is 16.4. The third-order valence-corrected chi connectivity index (χ3v) is 4.36. The van der Waals surface area contributed by atoms with E-state index in [9.17, 15) is 0 Å². The molecule has 1 aliphatic rings. The molecule has 1 fully saturated rings. The Balaban J connectivity index is 1.48. The van der Waals surface area contributed by atoms with Gasteiger partial charge in [0.1, 0.15) is 6.10 Å². The predicted molar refractivity (Wildman–Crippen MR) is 87.7 cm³/mol. The number of rotatable bonds is 5. The third-order valence-electron chi connectivity index (χ3n) is 4.36. The first-order chi connectivity index (χ1) is 11.8. The lowest BCUT2D eigenvalue weighted by Crippen LogP contribution is -2.21. The average Bonchev–Trinajstić information content (AvgIpc) is 3.33. The van der Waals surface area contributed by atoms with Crippen molar-refractivity contribution in [1.82, 2.24) is 30.0 Å². The van der Waals surface area contributed by atoms with Crippen LogP contribution in [-0.2, 0) is 11.8 Å². The number of para-hydroxylation sites is 1. The van der Waals surface area contributed by atoms with Crippen LogP contribution >= 0.6 is 0 Å². The number of nitrogens with zero attached hydrogens (tertiary/aromatic N) is 6. The number of hydrogen-bond donors (Lipinski definition) is 1. The summed E-state index contributed by atoms with van der Waals surface area (Å²) in [5.41, 5.74) is 2.03. The molecule has 8 nitrogen and oxygen atoms in total. The minimum Gasteiger partial charge on any atom is -0.372 e. The third kappa shape index (κ3) is 2.76. The van der Waals surface area contributed by atoms with E-state index in [1.165, 1.54) is 0 Å². The maximum absolute atomic E-state index is 5.92. The number of tetrazole rings is 1. The van der Waals surface area contributed by atoms with E-state index >= 15 is 0 Å². The molecule has 0 unspecified atom stereocenters. The van der Waals surface area contributed by atoms with Crippen molar-refractivity contribution in [2.45, 2.75) is 12.5 Å². The minimum atomic E-state index is 0.0473. The van der Waals surface area contributed by atoms with Crippen LogP contribution in [0.4, 0.5) is 5.95 Å². The van der Waals surface area contributed by atoms with E-state index in [2.05, 4.69) is 25.9 Å². The van der Waals surface area contributed by atoms with E-state index in [1.807, 2.05) is 48.1 Å². The van der Waals surface area contributed by atoms with Gasteiger partial charge in [0, 0.05) is 32.3 Å². The molecule has 0 aliphatic carbocycles. The molecule has 0 amide bonds. The Bertz CT molecular complexity index is 798. The zero-order valence-electron chi connectivity index (χ0n) is 13.4. The molecule has 2 atom stereocenters. The van der Waals surface area contributed by atoms with Gasteiger partial charge in [0.15, 0.2) is 0 Å². The van der Waals surface area contributed by atoms with Gasteiger partial charge in [0.05, 0.1) is 11.4 Å². The second-order valence-electron chi connectivity index (χ2n) is 5.85. The van der Waals surface area contributed by atoms with Gasteiger partial charge in [-0.05, 0) is 35.0 Å². The average molecular weight is 325 g/mol. The molecular formula is C16H19N7O. The number of aryl methyl sites for hydroxylation is 1. The summed E-state index contributed by atoms with van der Waals surface area (Å²) in [6.07, 6.45) is 2.85. The van der Waals surface area contributed by atoms with Crippen LogP contribution in [0.15, 0.2) is 42.6 Å².